The number of carbonyl (C=O) groups excluding carboxylic acids is 2. The van der Waals surface area contributed by atoms with Crippen molar-refractivity contribution >= 4 is 11.9 Å². The number of hydrogen-bond acceptors (Lipinski definition) is 8. The molecule has 0 aromatic carbocycles. The van der Waals surface area contributed by atoms with Crippen molar-refractivity contribution in [3.63, 3.8) is 0 Å². The lowest BCUT2D eigenvalue weighted by molar-refractivity contribution is -0.142. The minimum absolute atomic E-state index is 0.0126. The number of esters is 2. The van der Waals surface area contributed by atoms with E-state index >= 15 is 0 Å². The van der Waals surface area contributed by atoms with Crippen molar-refractivity contribution in [1.29, 1.82) is 0 Å². The van der Waals surface area contributed by atoms with Crippen molar-refractivity contribution in [2.75, 3.05) is 13.2 Å². The summed E-state index contributed by atoms with van der Waals surface area (Å²) in [5, 5.41) is 12.4. The van der Waals surface area contributed by atoms with Crippen LogP contribution in [0.15, 0.2) is 0 Å². The van der Waals surface area contributed by atoms with E-state index in [0.29, 0.717) is 4.80 Å². The minimum Gasteiger partial charge on any atom is -0.461 e. The molecule has 0 spiro atoms. The fraction of sp³-hybridized carbons (Fsp3) is 0.571. The first kappa shape index (κ1) is 24.8. The molecule has 0 amide bonds. The molecule has 0 aliphatic carbocycles. The molecule has 0 atom stereocenters. The van der Waals surface area contributed by atoms with Gasteiger partial charge in [0.25, 0.3) is 0 Å². The van der Waals surface area contributed by atoms with Crippen LogP contribution in [0.1, 0.15) is 46.2 Å². The van der Waals surface area contributed by atoms with Crippen LogP contribution in [-0.4, -0.2) is 55.1 Å². The van der Waals surface area contributed by atoms with Gasteiger partial charge < -0.3 is 9.47 Å². The van der Waals surface area contributed by atoms with E-state index < -0.39 is 47.1 Å². The highest BCUT2D eigenvalue weighted by molar-refractivity contribution is 5.89. The van der Waals surface area contributed by atoms with Crippen LogP contribution in [0, 0.1) is 0 Å². The Kier molecular flexibility index (Phi) is 7.89. The van der Waals surface area contributed by atoms with Gasteiger partial charge in [-0.3, -0.25) is 0 Å². The number of aryl methyl sites for hydroxylation is 2. The third-order valence-electron chi connectivity index (χ3n) is 3.02. The molecule has 10 nitrogen and oxygen atoms in total. The van der Waals surface area contributed by atoms with Crippen LogP contribution >= 0.6 is 0 Å². The number of ether oxygens (including phenoxy) is 2. The summed E-state index contributed by atoms with van der Waals surface area (Å²) >= 11 is 0. The Morgan fingerprint density at radius 2 is 1.37 bits per heavy atom. The lowest BCUT2D eigenvalue weighted by Crippen LogP contribution is -2.17. The average molecular weight is 446 g/mol. The summed E-state index contributed by atoms with van der Waals surface area (Å²) in [5.41, 5.74) is -4.16. The molecule has 30 heavy (non-hydrogen) atoms. The van der Waals surface area contributed by atoms with E-state index in [0.717, 1.165) is 4.68 Å². The molecule has 2 aromatic heterocycles. The van der Waals surface area contributed by atoms with E-state index in [9.17, 15) is 35.9 Å². The molecular formula is C14H16F6N6O4. The Morgan fingerprint density at radius 3 is 1.83 bits per heavy atom. The highest BCUT2D eigenvalue weighted by Gasteiger charge is 2.41. The third kappa shape index (κ3) is 6.15. The monoisotopic (exact) mass is 446 g/mol. The van der Waals surface area contributed by atoms with E-state index in [1.807, 2.05) is 0 Å². The van der Waals surface area contributed by atoms with Gasteiger partial charge >= 0.3 is 24.3 Å². The summed E-state index contributed by atoms with van der Waals surface area (Å²) in [4.78, 5) is 22.9. The molecule has 0 aliphatic heterocycles. The SMILES string of the molecule is CCOC(=O)c1c(C(F)(F)F)nnn1C.CCOC(=O)c1nn(C)nc1C(F)(F)F. The van der Waals surface area contributed by atoms with E-state index in [-0.39, 0.29) is 13.2 Å². The maximum Gasteiger partial charge on any atom is 0.437 e. The van der Waals surface area contributed by atoms with Crippen LogP contribution in [0.3, 0.4) is 0 Å². The topological polar surface area (TPSA) is 114 Å². The molecule has 0 saturated carbocycles. The zero-order valence-corrected chi connectivity index (χ0v) is 16.0. The molecule has 0 unspecified atom stereocenters. The molecule has 2 heterocycles. The largest absolute Gasteiger partial charge is 0.461 e. The quantitative estimate of drug-likeness (QED) is 0.518. The second-order valence-corrected chi connectivity index (χ2v) is 5.23. The van der Waals surface area contributed by atoms with Crippen molar-refractivity contribution < 1.29 is 45.4 Å². The molecule has 0 radical (unpaired) electrons. The van der Waals surface area contributed by atoms with Gasteiger partial charge in [0, 0.05) is 14.1 Å². The van der Waals surface area contributed by atoms with Gasteiger partial charge in [0.05, 0.1) is 13.2 Å². The molecule has 0 fully saturated rings. The van der Waals surface area contributed by atoms with E-state index in [4.69, 9.17) is 0 Å². The van der Waals surface area contributed by atoms with Gasteiger partial charge in [0.1, 0.15) is 0 Å². The predicted octanol–water partition coefficient (Wildman–Crippen LogP) is 2.02. The molecule has 16 heteroatoms. The smallest absolute Gasteiger partial charge is 0.437 e. The number of nitrogens with zero attached hydrogens (tertiary/aromatic N) is 6. The van der Waals surface area contributed by atoms with E-state index in [1.54, 1.807) is 0 Å². The second kappa shape index (κ2) is 9.53. The fourth-order valence-electron chi connectivity index (χ4n) is 1.91. The standard InChI is InChI=1S/2C7H8F3N3O2/c1-3-15-6(14)4-5(7(8,9)10)11-12-13(4)2;1-3-15-6(14)4-5(7(8,9)10)12-13(2)11-4/h2*3H2,1-2H3. The van der Waals surface area contributed by atoms with E-state index in [2.05, 4.69) is 30.0 Å². The number of aromatic nitrogens is 6. The van der Waals surface area contributed by atoms with Crippen LogP contribution in [0.4, 0.5) is 26.3 Å². The van der Waals surface area contributed by atoms with Gasteiger partial charge in [-0.05, 0) is 13.8 Å². The fourth-order valence-corrected chi connectivity index (χ4v) is 1.91. The summed E-state index contributed by atoms with van der Waals surface area (Å²) < 4.78 is 83.7. The van der Waals surface area contributed by atoms with Gasteiger partial charge in [-0.2, -0.15) is 31.1 Å². The average Bonchev–Trinajstić information content (AvgIpc) is 3.18. The number of carbonyl (C=O) groups is 2. The highest BCUT2D eigenvalue weighted by Crippen LogP contribution is 2.30. The Morgan fingerprint density at radius 1 is 0.867 bits per heavy atom. The van der Waals surface area contributed by atoms with Gasteiger partial charge in [-0.15, -0.1) is 15.3 Å². The molecule has 0 aliphatic rings. The second-order valence-electron chi connectivity index (χ2n) is 5.23. The van der Waals surface area contributed by atoms with Crippen LogP contribution in [0.25, 0.3) is 0 Å². The highest BCUT2D eigenvalue weighted by atomic mass is 19.4. The maximum atomic E-state index is 12.3. The molecule has 0 saturated heterocycles. The van der Waals surface area contributed by atoms with Crippen molar-refractivity contribution in [2.45, 2.75) is 26.2 Å². The Labute approximate surface area is 164 Å². The van der Waals surface area contributed by atoms with Crippen LogP contribution in [0.5, 0.6) is 0 Å². The first-order valence-corrected chi connectivity index (χ1v) is 8.03. The summed E-state index contributed by atoms with van der Waals surface area (Å²) in [6.45, 7) is 2.95. The number of rotatable bonds is 4. The minimum atomic E-state index is -4.71. The van der Waals surface area contributed by atoms with Crippen LogP contribution in [0.2, 0.25) is 0 Å². The van der Waals surface area contributed by atoms with Crippen molar-refractivity contribution in [1.82, 2.24) is 30.0 Å². The summed E-state index contributed by atoms with van der Waals surface area (Å²) in [6, 6.07) is 0. The number of halogens is 6. The predicted molar refractivity (Wildman–Crippen MR) is 83.9 cm³/mol. The Hall–Kier alpha value is -3.20. The number of alkyl halides is 6. The first-order valence-electron chi connectivity index (χ1n) is 8.03. The maximum absolute atomic E-state index is 12.3. The van der Waals surface area contributed by atoms with Crippen molar-refractivity contribution in [3.8, 4) is 0 Å². The zero-order valence-electron chi connectivity index (χ0n) is 16.0. The summed E-state index contributed by atoms with van der Waals surface area (Å²) in [7, 11) is 2.38. The van der Waals surface area contributed by atoms with Gasteiger partial charge in [-0.1, -0.05) is 5.21 Å². The number of hydrogen-bond donors (Lipinski definition) is 0. The Bertz CT molecular complexity index is 877. The zero-order chi connectivity index (χ0) is 23.3. The molecular weight excluding hydrogens is 430 g/mol. The van der Waals surface area contributed by atoms with Gasteiger partial charge in [0.15, 0.2) is 5.69 Å². The lowest BCUT2D eigenvalue weighted by Gasteiger charge is -2.05. The first-order chi connectivity index (χ1) is 13.7. The Balaban J connectivity index is 0.000000300. The lowest BCUT2D eigenvalue weighted by atomic mass is 10.3. The van der Waals surface area contributed by atoms with Crippen molar-refractivity contribution in [2.24, 2.45) is 14.1 Å². The van der Waals surface area contributed by atoms with Crippen LogP contribution in [-0.2, 0) is 35.9 Å². The summed E-state index contributed by atoms with van der Waals surface area (Å²) in [6.07, 6.45) is -9.42. The normalized spacial score (nSPS) is 11.5. The van der Waals surface area contributed by atoms with Crippen LogP contribution < -0.4 is 0 Å². The summed E-state index contributed by atoms with van der Waals surface area (Å²) in [5.74, 6) is -2.21. The van der Waals surface area contributed by atoms with Gasteiger partial charge in [0.2, 0.25) is 17.1 Å². The van der Waals surface area contributed by atoms with Crippen molar-refractivity contribution in [3.05, 3.63) is 22.8 Å². The molecule has 2 rings (SSSR count). The molecule has 0 N–H and O–H groups in total. The molecule has 2 aromatic rings. The molecule has 0 bridgehead atoms. The molecule has 168 valence electrons. The van der Waals surface area contributed by atoms with Gasteiger partial charge in [-0.25, -0.2) is 14.3 Å². The third-order valence-corrected chi connectivity index (χ3v) is 3.02. The van der Waals surface area contributed by atoms with E-state index in [1.165, 1.54) is 27.9 Å².